The number of nitrogens with one attached hydrogen (secondary N) is 1. The molecule has 0 spiro atoms. The molecule has 98 valence electrons. The summed E-state index contributed by atoms with van der Waals surface area (Å²) in [6.45, 7) is 2.43. The molecule has 1 heterocycles. The van der Waals surface area contributed by atoms with Crippen LogP contribution in [-0.2, 0) is 9.53 Å². The first-order valence-corrected chi connectivity index (χ1v) is 6.83. The molecule has 1 saturated heterocycles. The molecule has 2 rings (SSSR count). The Hall–Kier alpha value is -0.610. The normalized spacial score (nSPS) is 29.6. The third kappa shape index (κ3) is 3.68. The van der Waals surface area contributed by atoms with Crippen LogP contribution in [-0.4, -0.2) is 49.7 Å². The van der Waals surface area contributed by atoms with Gasteiger partial charge >= 0.3 is 0 Å². The standard InChI is InChI=1S/C13H24N2O2/c1-17-12-6-4-11(5-7-12)14-10-13(16)15-8-2-3-9-15/h11-12,14H,2-10H2,1H3. The van der Waals surface area contributed by atoms with Crippen LogP contribution in [0.2, 0.25) is 0 Å². The second kappa shape index (κ2) is 6.36. The van der Waals surface area contributed by atoms with E-state index in [0.29, 0.717) is 18.7 Å². The first-order chi connectivity index (χ1) is 8.29. The third-order valence-corrected chi connectivity index (χ3v) is 4.01. The summed E-state index contributed by atoms with van der Waals surface area (Å²) in [4.78, 5) is 13.8. The van der Waals surface area contributed by atoms with E-state index in [1.165, 1.54) is 12.8 Å². The average molecular weight is 240 g/mol. The van der Waals surface area contributed by atoms with Gasteiger partial charge < -0.3 is 15.0 Å². The highest BCUT2D eigenvalue weighted by atomic mass is 16.5. The number of carbonyl (C=O) groups is 1. The van der Waals surface area contributed by atoms with Gasteiger partial charge in [0.2, 0.25) is 5.91 Å². The second-order valence-corrected chi connectivity index (χ2v) is 5.18. The summed E-state index contributed by atoms with van der Waals surface area (Å²) in [6.07, 6.45) is 7.27. The third-order valence-electron chi connectivity index (χ3n) is 4.01. The molecule has 1 aliphatic carbocycles. The van der Waals surface area contributed by atoms with Crippen LogP contribution in [0.5, 0.6) is 0 Å². The smallest absolute Gasteiger partial charge is 0.236 e. The van der Waals surface area contributed by atoms with Gasteiger partial charge in [-0.15, -0.1) is 0 Å². The van der Waals surface area contributed by atoms with Gasteiger partial charge in [0.1, 0.15) is 0 Å². The van der Waals surface area contributed by atoms with Crippen molar-refractivity contribution < 1.29 is 9.53 Å². The quantitative estimate of drug-likeness (QED) is 0.801. The van der Waals surface area contributed by atoms with Gasteiger partial charge in [0.25, 0.3) is 0 Å². The molecule has 4 nitrogen and oxygen atoms in total. The number of nitrogens with zero attached hydrogens (tertiary/aromatic N) is 1. The zero-order valence-corrected chi connectivity index (χ0v) is 10.8. The van der Waals surface area contributed by atoms with Gasteiger partial charge in [0, 0.05) is 26.2 Å². The van der Waals surface area contributed by atoms with Crippen molar-refractivity contribution in [1.29, 1.82) is 0 Å². The van der Waals surface area contributed by atoms with E-state index >= 15 is 0 Å². The minimum absolute atomic E-state index is 0.274. The molecule has 0 aromatic heterocycles. The van der Waals surface area contributed by atoms with Gasteiger partial charge in [-0.1, -0.05) is 0 Å². The van der Waals surface area contributed by atoms with E-state index in [2.05, 4.69) is 5.32 Å². The van der Waals surface area contributed by atoms with Gasteiger partial charge in [-0.3, -0.25) is 4.79 Å². The number of rotatable bonds is 4. The number of hydrogen-bond donors (Lipinski definition) is 1. The molecule has 17 heavy (non-hydrogen) atoms. The molecule has 1 aliphatic heterocycles. The van der Waals surface area contributed by atoms with Crippen molar-refractivity contribution in [3.05, 3.63) is 0 Å². The first kappa shape index (κ1) is 12.8. The molecule has 2 fully saturated rings. The van der Waals surface area contributed by atoms with Crippen LogP contribution in [0, 0.1) is 0 Å². The molecule has 0 radical (unpaired) electrons. The van der Waals surface area contributed by atoms with E-state index in [-0.39, 0.29) is 5.91 Å². The Balaban J connectivity index is 1.63. The Morgan fingerprint density at radius 3 is 2.47 bits per heavy atom. The fourth-order valence-corrected chi connectivity index (χ4v) is 2.81. The highest BCUT2D eigenvalue weighted by Gasteiger charge is 2.22. The van der Waals surface area contributed by atoms with Crippen LogP contribution in [0.15, 0.2) is 0 Å². The lowest BCUT2D eigenvalue weighted by Crippen LogP contribution is -2.42. The van der Waals surface area contributed by atoms with Crippen molar-refractivity contribution in [2.45, 2.75) is 50.7 Å². The van der Waals surface area contributed by atoms with E-state index in [1.54, 1.807) is 7.11 Å². The van der Waals surface area contributed by atoms with Crippen LogP contribution < -0.4 is 5.32 Å². The first-order valence-electron chi connectivity index (χ1n) is 6.83. The zero-order valence-electron chi connectivity index (χ0n) is 10.8. The number of amides is 1. The Morgan fingerprint density at radius 1 is 1.24 bits per heavy atom. The molecular formula is C13H24N2O2. The zero-order chi connectivity index (χ0) is 12.1. The summed E-state index contributed by atoms with van der Waals surface area (Å²) in [5, 5.41) is 3.40. The summed E-state index contributed by atoms with van der Waals surface area (Å²) in [6, 6.07) is 0.507. The van der Waals surface area contributed by atoms with Crippen molar-refractivity contribution >= 4 is 5.91 Å². The Morgan fingerprint density at radius 2 is 1.88 bits per heavy atom. The molecule has 0 bridgehead atoms. The van der Waals surface area contributed by atoms with Crippen LogP contribution in [0.25, 0.3) is 0 Å². The minimum Gasteiger partial charge on any atom is -0.381 e. The molecular weight excluding hydrogens is 216 g/mol. The summed E-state index contributed by atoms with van der Waals surface area (Å²) in [7, 11) is 1.79. The van der Waals surface area contributed by atoms with E-state index in [4.69, 9.17) is 4.74 Å². The van der Waals surface area contributed by atoms with E-state index in [0.717, 1.165) is 38.8 Å². The Kier molecular flexibility index (Phi) is 4.80. The van der Waals surface area contributed by atoms with Gasteiger partial charge in [0.15, 0.2) is 0 Å². The minimum atomic E-state index is 0.274. The topological polar surface area (TPSA) is 41.6 Å². The number of carbonyl (C=O) groups excluding carboxylic acids is 1. The molecule has 1 N–H and O–H groups in total. The molecule has 1 amide bonds. The van der Waals surface area contributed by atoms with Crippen LogP contribution in [0.3, 0.4) is 0 Å². The lowest BCUT2D eigenvalue weighted by Gasteiger charge is -2.28. The maximum absolute atomic E-state index is 11.8. The molecule has 1 saturated carbocycles. The predicted octanol–water partition coefficient (Wildman–Crippen LogP) is 1.16. The van der Waals surface area contributed by atoms with Crippen LogP contribution in [0.4, 0.5) is 0 Å². The lowest BCUT2D eigenvalue weighted by molar-refractivity contribution is -0.129. The van der Waals surface area contributed by atoms with Crippen molar-refractivity contribution in [2.24, 2.45) is 0 Å². The lowest BCUT2D eigenvalue weighted by atomic mass is 9.93. The summed E-state index contributed by atoms with van der Waals surface area (Å²) < 4.78 is 5.34. The largest absolute Gasteiger partial charge is 0.381 e. The summed E-state index contributed by atoms with van der Waals surface area (Å²) in [5.74, 6) is 0.274. The second-order valence-electron chi connectivity index (χ2n) is 5.18. The fourth-order valence-electron chi connectivity index (χ4n) is 2.81. The van der Waals surface area contributed by atoms with E-state index < -0.39 is 0 Å². The maximum atomic E-state index is 11.8. The number of likely N-dealkylation sites (tertiary alicyclic amines) is 1. The van der Waals surface area contributed by atoms with Gasteiger partial charge in [-0.25, -0.2) is 0 Å². The Bertz CT molecular complexity index is 244. The maximum Gasteiger partial charge on any atom is 0.236 e. The van der Waals surface area contributed by atoms with E-state index in [1.807, 2.05) is 4.90 Å². The molecule has 2 aliphatic rings. The number of ether oxygens (including phenoxy) is 1. The number of hydrogen-bond acceptors (Lipinski definition) is 3. The summed E-state index contributed by atoms with van der Waals surface area (Å²) in [5.41, 5.74) is 0. The van der Waals surface area contributed by atoms with E-state index in [9.17, 15) is 4.79 Å². The SMILES string of the molecule is COC1CCC(NCC(=O)N2CCCC2)CC1. The van der Waals surface area contributed by atoms with Gasteiger partial charge in [-0.2, -0.15) is 0 Å². The molecule has 0 atom stereocenters. The predicted molar refractivity (Wildman–Crippen MR) is 66.9 cm³/mol. The average Bonchev–Trinajstić information content (AvgIpc) is 2.90. The highest BCUT2D eigenvalue weighted by molar-refractivity contribution is 5.78. The van der Waals surface area contributed by atoms with Gasteiger partial charge in [-0.05, 0) is 38.5 Å². The molecule has 0 aromatic rings. The van der Waals surface area contributed by atoms with Crippen molar-refractivity contribution in [1.82, 2.24) is 10.2 Å². The van der Waals surface area contributed by atoms with Crippen molar-refractivity contribution in [3.63, 3.8) is 0 Å². The Labute approximate surface area is 104 Å². The summed E-state index contributed by atoms with van der Waals surface area (Å²) >= 11 is 0. The van der Waals surface area contributed by atoms with Crippen molar-refractivity contribution in [3.8, 4) is 0 Å². The highest BCUT2D eigenvalue weighted by Crippen LogP contribution is 2.20. The van der Waals surface area contributed by atoms with Gasteiger partial charge in [0.05, 0.1) is 12.6 Å². The van der Waals surface area contributed by atoms with Crippen LogP contribution in [0.1, 0.15) is 38.5 Å². The van der Waals surface area contributed by atoms with Crippen molar-refractivity contribution in [2.75, 3.05) is 26.7 Å². The monoisotopic (exact) mass is 240 g/mol. The molecule has 0 aromatic carbocycles. The molecule has 0 unspecified atom stereocenters. The fraction of sp³-hybridized carbons (Fsp3) is 0.923. The van der Waals surface area contributed by atoms with Crippen LogP contribution >= 0.6 is 0 Å². The number of methoxy groups -OCH3 is 1. The molecule has 4 heteroatoms.